The van der Waals surface area contributed by atoms with Gasteiger partial charge in [0.25, 0.3) is 0 Å². The van der Waals surface area contributed by atoms with Crippen molar-refractivity contribution in [1.29, 1.82) is 0 Å². The van der Waals surface area contributed by atoms with E-state index in [1.165, 1.54) is 32.1 Å². The zero-order valence-corrected chi connectivity index (χ0v) is 6.82. The molecule has 2 heteroatoms. The minimum absolute atomic E-state index is 0.744. The number of hydrazine groups is 1. The molecular formula is C8H18N2. The molecule has 0 heterocycles. The Morgan fingerprint density at radius 1 is 1.20 bits per heavy atom. The maximum absolute atomic E-state index is 3.32. The van der Waals surface area contributed by atoms with E-state index in [4.69, 9.17) is 0 Å². The Kier molecular flexibility index (Phi) is 3.76. The second-order valence-corrected chi connectivity index (χ2v) is 3.01. The van der Waals surface area contributed by atoms with Gasteiger partial charge in [-0.15, -0.1) is 0 Å². The monoisotopic (exact) mass is 142 g/mol. The van der Waals surface area contributed by atoms with E-state index in [1.54, 1.807) is 0 Å². The SMILES string of the molecule is CCNNC1CCCCC1. The maximum atomic E-state index is 3.32. The molecule has 0 bridgehead atoms. The van der Waals surface area contributed by atoms with Gasteiger partial charge in [0.05, 0.1) is 0 Å². The van der Waals surface area contributed by atoms with Gasteiger partial charge < -0.3 is 0 Å². The van der Waals surface area contributed by atoms with Gasteiger partial charge in [0.1, 0.15) is 0 Å². The summed E-state index contributed by atoms with van der Waals surface area (Å²) in [7, 11) is 0. The van der Waals surface area contributed by atoms with E-state index in [-0.39, 0.29) is 0 Å². The van der Waals surface area contributed by atoms with Gasteiger partial charge in [0, 0.05) is 12.6 Å². The van der Waals surface area contributed by atoms with E-state index in [2.05, 4.69) is 17.8 Å². The first-order valence-corrected chi connectivity index (χ1v) is 4.42. The second-order valence-electron chi connectivity index (χ2n) is 3.01. The lowest BCUT2D eigenvalue weighted by atomic mass is 9.96. The topological polar surface area (TPSA) is 24.1 Å². The van der Waals surface area contributed by atoms with Gasteiger partial charge >= 0.3 is 0 Å². The molecule has 1 fully saturated rings. The average Bonchev–Trinajstić information content (AvgIpc) is 2.03. The summed E-state index contributed by atoms with van der Waals surface area (Å²) in [5.41, 5.74) is 6.49. The van der Waals surface area contributed by atoms with Crippen LogP contribution >= 0.6 is 0 Å². The number of hydrogen-bond donors (Lipinski definition) is 2. The van der Waals surface area contributed by atoms with Gasteiger partial charge in [0.15, 0.2) is 0 Å². The Balaban J connectivity index is 2.02. The lowest BCUT2D eigenvalue weighted by Crippen LogP contribution is -2.41. The highest BCUT2D eigenvalue weighted by Gasteiger charge is 2.10. The quantitative estimate of drug-likeness (QED) is 0.582. The smallest absolute Gasteiger partial charge is 0.0212 e. The molecule has 0 radical (unpaired) electrons. The minimum atomic E-state index is 0.744. The van der Waals surface area contributed by atoms with Crippen molar-refractivity contribution in [2.24, 2.45) is 0 Å². The molecule has 0 unspecified atom stereocenters. The first-order chi connectivity index (χ1) is 4.93. The molecule has 2 N–H and O–H groups in total. The Morgan fingerprint density at radius 3 is 2.50 bits per heavy atom. The molecule has 0 aromatic carbocycles. The van der Waals surface area contributed by atoms with Crippen LogP contribution in [0.5, 0.6) is 0 Å². The van der Waals surface area contributed by atoms with Gasteiger partial charge in [-0.05, 0) is 12.8 Å². The lowest BCUT2D eigenvalue weighted by Gasteiger charge is -2.22. The summed E-state index contributed by atoms with van der Waals surface area (Å²) in [6, 6.07) is 0.744. The normalized spacial score (nSPS) is 21.3. The van der Waals surface area contributed by atoms with Crippen LogP contribution in [0.3, 0.4) is 0 Å². The molecule has 0 aromatic heterocycles. The van der Waals surface area contributed by atoms with Crippen LogP contribution in [-0.2, 0) is 0 Å². The molecule has 60 valence electrons. The molecule has 2 nitrogen and oxygen atoms in total. The number of nitrogens with one attached hydrogen (secondary N) is 2. The highest BCUT2D eigenvalue weighted by atomic mass is 15.4. The third-order valence-electron chi connectivity index (χ3n) is 2.09. The fourth-order valence-corrected chi connectivity index (χ4v) is 1.49. The van der Waals surface area contributed by atoms with Crippen molar-refractivity contribution >= 4 is 0 Å². The second kappa shape index (κ2) is 4.69. The molecule has 0 spiro atoms. The average molecular weight is 142 g/mol. The van der Waals surface area contributed by atoms with Crippen LogP contribution in [0.2, 0.25) is 0 Å². The van der Waals surface area contributed by atoms with E-state index in [0.717, 1.165) is 12.6 Å². The van der Waals surface area contributed by atoms with Gasteiger partial charge in [0.2, 0.25) is 0 Å². The number of hydrogen-bond acceptors (Lipinski definition) is 2. The Labute approximate surface area is 63.4 Å². The maximum Gasteiger partial charge on any atom is 0.0212 e. The van der Waals surface area contributed by atoms with Crippen LogP contribution < -0.4 is 10.9 Å². The van der Waals surface area contributed by atoms with Crippen molar-refractivity contribution in [1.82, 2.24) is 10.9 Å². The third kappa shape index (κ3) is 2.67. The highest BCUT2D eigenvalue weighted by Crippen LogP contribution is 2.16. The highest BCUT2D eigenvalue weighted by molar-refractivity contribution is 4.69. The Hall–Kier alpha value is -0.0800. The predicted octanol–water partition coefficient (Wildman–Crippen LogP) is 1.43. The van der Waals surface area contributed by atoms with Gasteiger partial charge in [-0.2, -0.15) is 0 Å². The first-order valence-electron chi connectivity index (χ1n) is 4.42. The Bertz CT molecular complexity index is 77.3. The summed E-state index contributed by atoms with van der Waals surface area (Å²) in [4.78, 5) is 0. The van der Waals surface area contributed by atoms with E-state index in [1.807, 2.05) is 0 Å². The third-order valence-corrected chi connectivity index (χ3v) is 2.09. The predicted molar refractivity (Wildman–Crippen MR) is 43.7 cm³/mol. The molecule has 1 saturated carbocycles. The van der Waals surface area contributed by atoms with Crippen LogP contribution in [0.4, 0.5) is 0 Å². The molecule has 0 saturated heterocycles. The van der Waals surface area contributed by atoms with Crippen LogP contribution in [-0.4, -0.2) is 12.6 Å². The molecule has 1 rings (SSSR count). The zero-order valence-electron chi connectivity index (χ0n) is 6.82. The minimum Gasteiger partial charge on any atom is -0.258 e. The molecule has 1 aliphatic rings. The largest absolute Gasteiger partial charge is 0.258 e. The van der Waals surface area contributed by atoms with Crippen molar-refractivity contribution in [3.8, 4) is 0 Å². The van der Waals surface area contributed by atoms with Crippen LogP contribution in [0.15, 0.2) is 0 Å². The van der Waals surface area contributed by atoms with Crippen molar-refractivity contribution < 1.29 is 0 Å². The molecule has 0 aliphatic heterocycles. The molecular weight excluding hydrogens is 124 g/mol. The lowest BCUT2D eigenvalue weighted by molar-refractivity contribution is 0.338. The summed E-state index contributed by atoms with van der Waals surface area (Å²) in [5.74, 6) is 0. The van der Waals surface area contributed by atoms with E-state index in [0.29, 0.717) is 0 Å². The summed E-state index contributed by atoms with van der Waals surface area (Å²) in [6.45, 7) is 3.15. The van der Waals surface area contributed by atoms with Gasteiger partial charge in [-0.1, -0.05) is 26.2 Å². The van der Waals surface area contributed by atoms with Crippen molar-refractivity contribution in [2.75, 3.05) is 6.54 Å². The molecule has 1 aliphatic carbocycles. The summed E-state index contributed by atoms with van der Waals surface area (Å²) in [5, 5.41) is 0. The van der Waals surface area contributed by atoms with Crippen LogP contribution in [0, 0.1) is 0 Å². The molecule has 0 aromatic rings. The summed E-state index contributed by atoms with van der Waals surface area (Å²) >= 11 is 0. The standard InChI is InChI=1S/C8H18N2/c1-2-9-10-8-6-4-3-5-7-8/h8-10H,2-7H2,1H3. The van der Waals surface area contributed by atoms with E-state index < -0.39 is 0 Å². The van der Waals surface area contributed by atoms with Crippen molar-refractivity contribution in [3.63, 3.8) is 0 Å². The zero-order chi connectivity index (χ0) is 7.23. The van der Waals surface area contributed by atoms with Crippen LogP contribution in [0.1, 0.15) is 39.0 Å². The van der Waals surface area contributed by atoms with Gasteiger partial charge in [-0.25, -0.2) is 0 Å². The first kappa shape index (κ1) is 8.02. The van der Waals surface area contributed by atoms with E-state index >= 15 is 0 Å². The van der Waals surface area contributed by atoms with Gasteiger partial charge in [-0.3, -0.25) is 10.9 Å². The number of rotatable bonds is 3. The fraction of sp³-hybridized carbons (Fsp3) is 1.00. The molecule has 0 amide bonds. The van der Waals surface area contributed by atoms with Crippen LogP contribution in [0.25, 0.3) is 0 Å². The van der Waals surface area contributed by atoms with Crippen molar-refractivity contribution in [2.45, 2.75) is 45.1 Å². The van der Waals surface area contributed by atoms with E-state index in [9.17, 15) is 0 Å². The summed E-state index contributed by atoms with van der Waals surface area (Å²) in [6.07, 6.45) is 6.95. The molecule has 0 atom stereocenters. The summed E-state index contributed by atoms with van der Waals surface area (Å²) < 4.78 is 0. The Morgan fingerprint density at radius 2 is 1.90 bits per heavy atom. The van der Waals surface area contributed by atoms with Crippen molar-refractivity contribution in [3.05, 3.63) is 0 Å². The molecule has 10 heavy (non-hydrogen) atoms. The fourth-order valence-electron chi connectivity index (χ4n) is 1.49.